The Labute approximate surface area is 90.0 Å². The number of nitrogen functional groups attached to an aromatic ring is 1. The first-order chi connectivity index (χ1) is 7.66. The van der Waals surface area contributed by atoms with Gasteiger partial charge in [-0.05, 0) is 18.2 Å². The van der Waals surface area contributed by atoms with Gasteiger partial charge >= 0.3 is 0 Å². The lowest BCUT2D eigenvalue weighted by Gasteiger charge is -2.03. The van der Waals surface area contributed by atoms with Crippen molar-refractivity contribution in [3.8, 4) is 0 Å². The zero-order valence-electron chi connectivity index (χ0n) is 8.11. The van der Waals surface area contributed by atoms with Crippen LogP contribution < -0.4 is 11.1 Å². The summed E-state index contributed by atoms with van der Waals surface area (Å²) < 4.78 is 17.8. The first-order valence-electron chi connectivity index (χ1n) is 4.43. The van der Waals surface area contributed by atoms with E-state index < -0.39 is 11.7 Å². The molecule has 0 spiro atoms. The van der Waals surface area contributed by atoms with Crippen molar-refractivity contribution in [3.05, 3.63) is 41.9 Å². The highest BCUT2D eigenvalue weighted by Gasteiger charge is 2.13. The molecule has 0 aliphatic carbocycles. The number of amides is 1. The zero-order valence-corrected chi connectivity index (χ0v) is 8.11. The predicted octanol–water partition coefficient (Wildman–Crippen LogP) is 1.65. The molecule has 0 saturated carbocycles. The number of carbonyl (C=O) groups is 1. The average Bonchev–Trinajstić information content (AvgIpc) is 2.74. The maximum Gasteiger partial charge on any atom is 0.259 e. The minimum Gasteiger partial charge on any atom is -0.399 e. The van der Waals surface area contributed by atoms with Gasteiger partial charge < -0.3 is 15.6 Å². The monoisotopic (exact) mass is 221 g/mol. The van der Waals surface area contributed by atoms with Gasteiger partial charge in [0.25, 0.3) is 5.91 Å². The lowest BCUT2D eigenvalue weighted by molar-refractivity contribution is 0.102. The number of rotatable bonds is 2. The Bertz CT molecular complexity index is 511. The van der Waals surface area contributed by atoms with Gasteiger partial charge in [0, 0.05) is 11.8 Å². The van der Waals surface area contributed by atoms with Gasteiger partial charge in [-0.2, -0.15) is 0 Å². The molecule has 16 heavy (non-hydrogen) atoms. The van der Waals surface area contributed by atoms with Gasteiger partial charge in [-0.3, -0.25) is 4.79 Å². The molecule has 0 unspecified atom stereocenters. The van der Waals surface area contributed by atoms with Crippen molar-refractivity contribution in [1.29, 1.82) is 0 Å². The quantitative estimate of drug-likeness (QED) is 0.755. The molecule has 0 fully saturated rings. The molecule has 1 aromatic carbocycles. The summed E-state index contributed by atoms with van der Waals surface area (Å²) >= 11 is 0. The predicted molar refractivity (Wildman–Crippen MR) is 55.3 cm³/mol. The first kappa shape index (κ1) is 10.2. The third-order valence-corrected chi connectivity index (χ3v) is 1.91. The number of aromatic nitrogens is 1. The van der Waals surface area contributed by atoms with Gasteiger partial charge in [0.15, 0.2) is 5.82 Å². The lowest BCUT2D eigenvalue weighted by Crippen LogP contribution is -2.14. The van der Waals surface area contributed by atoms with E-state index in [1.54, 1.807) is 0 Å². The molecule has 0 saturated heterocycles. The number of carbonyl (C=O) groups excluding carboxylic acids is 1. The van der Waals surface area contributed by atoms with Crippen LogP contribution in [-0.4, -0.2) is 11.1 Å². The summed E-state index contributed by atoms with van der Waals surface area (Å²) in [4.78, 5) is 11.6. The van der Waals surface area contributed by atoms with E-state index in [2.05, 4.69) is 15.0 Å². The molecule has 0 bridgehead atoms. The molecule has 0 aliphatic rings. The molecular formula is C10H8FN3O2. The molecule has 1 aromatic heterocycles. The van der Waals surface area contributed by atoms with Gasteiger partial charge in [-0.1, -0.05) is 5.16 Å². The molecule has 2 aromatic rings. The number of nitrogens with one attached hydrogen (secondary N) is 1. The third kappa shape index (κ3) is 2.00. The van der Waals surface area contributed by atoms with E-state index >= 15 is 0 Å². The van der Waals surface area contributed by atoms with Crippen molar-refractivity contribution in [2.45, 2.75) is 0 Å². The van der Waals surface area contributed by atoms with Crippen LogP contribution in [0.25, 0.3) is 0 Å². The van der Waals surface area contributed by atoms with Crippen molar-refractivity contribution in [1.82, 2.24) is 5.16 Å². The van der Waals surface area contributed by atoms with E-state index in [4.69, 9.17) is 5.73 Å². The summed E-state index contributed by atoms with van der Waals surface area (Å²) in [6.45, 7) is 0. The molecular weight excluding hydrogens is 213 g/mol. The second kappa shape index (κ2) is 4.01. The highest BCUT2D eigenvalue weighted by Crippen LogP contribution is 2.13. The minimum absolute atomic E-state index is 0.136. The Morgan fingerprint density at radius 2 is 2.25 bits per heavy atom. The fourth-order valence-electron chi connectivity index (χ4n) is 1.18. The van der Waals surface area contributed by atoms with Gasteiger partial charge in [0.2, 0.25) is 0 Å². The number of hydrogen-bond acceptors (Lipinski definition) is 4. The van der Waals surface area contributed by atoms with Crippen LogP contribution in [0.15, 0.2) is 35.1 Å². The SMILES string of the molecule is Nc1ccc(F)c(C(=O)Nc2ccon2)c1. The Morgan fingerprint density at radius 1 is 1.44 bits per heavy atom. The van der Waals surface area contributed by atoms with Crippen LogP contribution in [0.3, 0.4) is 0 Å². The molecule has 5 nitrogen and oxygen atoms in total. The summed E-state index contributed by atoms with van der Waals surface area (Å²) in [7, 11) is 0. The Balaban J connectivity index is 2.24. The van der Waals surface area contributed by atoms with Crippen molar-refractivity contribution in [2.24, 2.45) is 0 Å². The average molecular weight is 221 g/mol. The van der Waals surface area contributed by atoms with E-state index in [0.29, 0.717) is 5.69 Å². The smallest absolute Gasteiger partial charge is 0.259 e. The van der Waals surface area contributed by atoms with Crippen LogP contribution in [0.5, 0.6) is 0 Å². The summed E-state index contributed by atoms with van der Waals surface area (Å²) in [5.74, 6) is -1.05. The fraction of sp³-hybridized carbons (Fsp3) is 0. The van der Waals surface area contributed by atoms with Crippen LogP contribution >= 0.6 is 0 Å². The van der Waals surface area contributed by atoms with Crippen molar-refractivity contribution < 1.29 is 13.7 Å². The first-order valence-corrected chi connectivity index (χ1v) is 4.43. The summed E-state index contributed by atoms with van der Waals surface area (Å²) in [6, 6.07) is 5.21. The summed E-state index contributed by atoms with van der Waals surface area (Å²) in [5.41, 5.74) is 5.63. The lowest BCUT2D eigenvalue weighted by atomic mass is 10.2. The molecule has 0 atom stereocenters. The number of anilines is 2. The number of hydrogen-bond donors (Lipinski definition) is 2. The zero-order chi connectivity index (χ0) is 11.5. The van der Waals surface area contributed by atoms with E-state index in [9.17, 15) is 9.18 Å². The number of nitrogens with zero attached hydrogens (tertiary/aromatic N) is 1. The topological polar surface area (TPSA) is 81.2 Å². The van der Waals surface area contributed by atoms with Gasteiger partial charge in [-0.25, -0.2) is 4.39 Å². The Hall–Kier alpha value is -2.37. The number of halogens is 1. The highest BCUT2D eigenvalue weighted by molar-refractivity contribution is 6.04. The van der Waals surface area contributed by atoms with E-state index in [1.807, 2.05) is 0 Å². The van der Waals surface area contributed by atoms with E-state index in [0.717, 1.165) is 6.07 Å². The maximum atomic E-state index is 13.3. The second-order valence-corrected chi connectivity index (χ2v) is 3.08. The molecule has 0 aliphatic heterocycles. The van der Waals surface area contributed by atoms with Crippen LogP contribution in [-0.2, 0) is 0 Å². The molecule has 3 N–H and O–H groups in total. The molecule has 2 rings (SSSR count). The van der Waals surface area contributed by atoms with Crippen LogP contribution in [0.1, 0.15) is 10.4 Å². The van der Waals surface area contributed by atoms with Crippen LogP contribution in [0.2, 0.25) is 0 Å². The van der Waals surface area contributed by atoms with Gasteiger partial charge in [-0.15, -0.1) is 0 Å². The van der Waals surface area contributed by atoms with Crippen LogP contribution in [0.4, 0.5) is 15.9 Å². The Morgan fingerprint density at radius 3 is 2.94 bits per heavy atom. The molecule has 6 heteroatoms. The Kier molecular flexibility index (Phi) is 2.55. The normalized spacial score (nSPS) is 10.1. The summed E-state index contributed by atoms with van der Waals surface area (Å²) in [5, 5.41) is 5.84. The van der Waals surface area contributed by atoms with Crippen molar-refractivity contribution >= 4 is 17.4 Å². The largest absolute Gasteiger partial charge is 0.399 e. The number of benzene rings is 1. The van der Waals surface area contributed by atoms with E-state index in [-0.39, 0.29) is 11.4 Å². The van der Waals surface area contributed by atoms with Crippen molar-refractivity contribution in [2.75, 3.05) is 11.1 Å². The summed E-state index contributed by atoms with van der Waals surface area (Å²) in [6.07, 6.45) is 1.30. The van der Waals surface area contributed by atoms with Gasteiger partial charge in [0.1, 0.15) is 12.1 Å². The van der Waals surface area contributed by atoms with Crippen LogP contribution in [0, 0.1) is 5.82 Å². The highest BCUT2D eigenvalue weighted by atomic mass is 19.1. The molecule has 0 radical (unpaired) electrons. The van der Waals surface area contributed by atoms with Crippen molar-refractivity contribution in [3.63, 3.8) is 0 Å². The second-order valence-electron chi connectivity index (χ2n) is 3.08. The molecule has 1 amide bonds. The molecule has 82 valence electrons. The molecule has 1 heterocycles. The fourth-order valence-corrected chi connectivity index (χ4v) is 1.18. The minimum atomic E-state index is -0.643. The number of nitrogens with two attached hydrogens (primary N) is 1. The van der Waals surface area contributed by atoms with E-state index in [1.165, 1.54) is 24.5 Å². The standard InChI is InChI=1S/C10H8FN3O2/c11-8-2-1-6(12)5-7(8)10(15)13-9-3-4-16-14-9/h1-5H,12H2,(H,13,14,15). The maximum absolute atomic E-state index is 13.3. The van der Waals surface area contributed by atoms with Gasteiger partial charge in [0.05, 0.1) is 5.56 Å². The third-order valence-electron chi connectivity index (χ3n) is 1.91.